The van der Waals surface area contributed by atoms with Gasteiger partial charge in [0.25, 0.3) is 5.91 Å². The van der Waals surface area contributed by atoms with Crippen molar-refractivity contribution in [3.8, 4) is 11.5 Å². The molecule has 41 heavy (non-hydrogen) atoms. The van der Waals surface area contributed by atoms with Gasteiger partial charge in [-0.15, -0.1) is 0 Å². The number of hydrogen-bond acceptors (Lipinski definition) is 6. The number of amides is 1. The molecule has 1 amide bonds. The molecule has 1 spiro atoms. The van der Waals surface area contributed by atoms with Crippen molar-refractivity contribution in [2.24, 2.45) is 0 Å². The smallest absolute Gasteiger partial charge is 0.257 e. The number of rotatable bonds is 7. The van der Waals surface area contributed by atoms with Crippen LogP contribution in [0.25, 0.3) is 0 Å². The molecule has 3 aromatic carbocycles. The van der Waals surface area contributed by atoms with Gasteiger partial charge in [0.1, 0.15) is 24.2 Å². The highest BCUT2D eigenvalue weighted by molar-refractivity contribution is 6.30. The van der Waals surface area contributed by atoms with Crippen molar-refractivity contribution in [3.63, 3.8) is 0 Å². The molecular formula is C33H37ClN2O5. The molecule has 216 valence electrons. The van der Waals surface area contributed by atoms with Crippen molar-refractivity contribution < 1.29 is 24.5 Å². The molecule has 6 rings (SSSR count). The number of aliphatic hydroxyl groups excluding tert-OH is 1. The van der Waals surface area contributed by atoms with Crippen molar-refractivity contribution in [1.82, 2.24) is 9.80 Å². The number of piperidine rings is 2. The first kappa shape index (κ1) is 28.0. The Morgan fingerprint density at radius 3 is 2.54 bits per heavy atom. The standard InChI is InChI=1S/C33H37ClN2O5/c34-26-6-9-30-25(18-26)21-41-33(30)12-16-35(17-13-33)20-28(38)22-40-31-19-27(37)7-8-29(31)32(39)36-14-10-24(11-15-36)23-4-2-1-3-5-23/h1-9,18-19,24,28,37-38H,10-17,20-22H2/t28-/m1/s1. The van der Waals surface area contributed by atoms with E-state index in [0.717, 1.165) is 49.4 Å². The molecule has 0 unspecified atom stereocenters. The molecule has 0 saturated carbocycles. The minimum absolute atomic E-state index is 0.0216. The van der Waals surface area contributed by atoms with Crippen LogP contribution in [0.2, 0.25) is 5.02 Å². The number of β-amino-alcohol motifs (C(OH)–C–C–N with tert-alkyl or cyclic N) is 1. The number of ether oxygens (including phenoxy) is 2. The van der Waals surface area contributed by atoms with E-state index in [2.05, 4.69) is 35.2 Å². The summed E-state index contributed by atoms with van der Waals surface area (Å²) >= 11 is 6.17. The van der Waals surface area contributed by atoms with Crippen LogP contribution in [0.1, 0.15) is 58.6 Å². The van der Waals surface area contributed by atoms with Crippen molar-refractivity contribution >= 4 is 17.5 Å². The monoisotopic (exact) mass is 576 g/mol. The van der Waals surface area contributed by atoms with Gasteiger partial charge in [0.05, 0.1) is 17.8 Å². The van der Waals surface area contributed by atoms with Gasteiger partial charge in [-0.3, -0.25) is 4.79 Å². The van der Waals surface area contributed by atoms with E-state index in [1.165, 1.54) is 23.3 Å². The van der Waals surface area contributed by atoms with Crippen LogP contribution in [-0.2, 0) is 16.9 Å². The average Bonchev–Trinajstić information content (AvgIpc) is 3.34. The number of benzene rings is 3. The molecular weight excluding hydrogens is 540 g/mol. The van der Waals surface area contributed by atoms with Gasteiger partial charge in [-0.25, -0.2) is 0 Å². The zero-order valence-electron chi connectivity index (χ0n) is 23.2. The highest BCUT2D eigenvalue weighted by atomic mass is 35.5. The molecule has 7 nitrogen and oxygen atoms in total. The van der Waals surface area contributed by atoms with E-state index in [4.69, 9.17) is 21.1 Å². The van der Waals surface area contributed by atoms with Crippen molar-refractivity contribution in [1.29, 1.82) is 0 Å². The number of fused-ring (bicyclic) bond motifs is 2. The summed E-state index contributed by atoms with van der Waals surface area (Å²) in [5.41, 5.74) is 3.85. The second-order valence-corrected chi connectivity index (χ2v) is 11.9. The molecule has 0 aliphatic carbocycles. The first-order chi connectivity index (χ1) is 19.9. The number of carbonyl (C=O) groups excluding carboxylic acids is 1. The van der Waals surface area contributed by atoms with E-state index in [1.54, 1.807) is 6.07 Å². The van der Waals surface area contributed by atoms with Crippen molar-refractivity contribution in [2.75, 3.05) is 39.3 Å². The predicted molar refractivity (Wildman–Crippen MR) is 158 cm³/mol. The summed E-state index contributed by atoms with van der Waals surface area (Å²) in [4.78, 5) is 17.5. The molecule has 0 radical (unpaired) electrons. The number of aromatic hydroxyl groups is 1. The molecule has 2 fully saturated rings. The number of phenolic OH excluding ortho intramolecular Hbond substituents is 1. The number of halogens is 1. The summed E-state index contributed by atoms with van der Waals surface area (Å²) in [7, 11) is 0. The number of aliphatic hydroxyl groups is 1. The molecule has 3 heterocycles. The van der Waals surface area contributed by atoms with Gasteiger partial charge >= 0.3 is 0 Å². The van der Waals surface area contributed by atoms with E-state index in [9.17, 15) is 15.0 Å². The summed E-state index contributed by atoms with van der Waals surface area (Å²) in [6.07, 6.45) is 2.77. The molecule has 1 atom stereocenters. The summed E-state index contributed by atoms with van der Waals surface area (Å²) in [5.74, 6) is 0.657. The fourth-order valence-electron chi connectivity index (χ4n) is 6.59. The SMILES string of the molecule is O=C(c1ccc(O)cc1OC[C@H](O)CN1CCC2(CC1)OCc1cc(Cl)ccc12)N1CCC(c2ccccc2)CC1. The number of phenols is 1. The van der Waals surface area contributed by atoms with Gasteiger partial charge in [0.2, 0.25) is 0 Å². The molecule has 2 saturated heterocycles. The van der Waals surface area contributed by atoms with Gasteiger partial charge in [-0.05, 0) is 72.6 Å². The van der Waals surface area contributed by atoms with E-state index in [1.807, 2.05) is 23.1 Å². The highest BCUT2D eigenvalue weighted by Gasteiger charge is 2.42. The Kier molecular flexibility index (Phi) is 8.22. The summed E-state index contributed by atoms with van der Waals surface area (Å²) in [5, 5.41) is 21.7. The summed E-state index contributed by atoms with van der Waals surface area (Å²) in [6.45, 7) is 4.00. The minimum Gasteiger partial charge on any atom is -0.508 e. The van der Waals surface area contributed by atoms with E-state index in [-0.39, 0.29) is 23.9 Å². The molecule has 3 aromatic rings. The van der Waals surface area contributed by atoms with Gasteiger partial charge in [-0.1, -0.05) is 48.0 Å². The maximum atomic E-state index is 13.4. The summed E-state index contributed by atoms with van der Waals surface area (Å²) in [6, 6.07) is 21.0. The first-order valence-electron chi connectivity index (χ1n) is 14.5. The minimum atomic E-state index is -0.744. The normalized spacial score (nSPS) is 19.7. The molecule has 3 aliphatic rings. The van der Waals surface area contributed by atoms with Crippen LogP contribution in [0, 0.1) is 0 Å². The Morgan fingerprint density at radius 2 is 1.78 bits per heavy atom. The third kappa shape index (κ3) is 6.09. The Hall–Kier alpha value is -3.10. The van der Waals surface area contributed by atoms with Crippen molar-refractivity contribution in [2.45, 2.75) is 49.9 Å². The lowest BCUT2D eigenvalue weighted by Crippen LogP contribution is -2.46. The zero-order chi connectivity index (χ0) is 28.4. The maximum absolute atomic E-state index is 13.4. The Labute approximate surface area is 246 Å². The Balaban J connectivity index is 1.02. The fourth-order valence-corrected chi connectivity index (χ4v) is 6.78. The quantitative estimate of drug-likeness (QED) is 0.396. The molecule has 0 bridgehead atoms. The first-order valence-corrected chi connectivity index (χ1v) is 14.9. The van der Waals surface area contributed by atoms with Gasteiger partial charge in [-0.2, -0.15) is 0 Å². The second kappa shape index (κ2) is 12.0. The Morgan fingerprint density at radius 1 is 1.02 bits per heavy atom. The van der Waals surface area contributed by atoms with Crippen LogP contribution < -0.4 is 4.74 Å². The number of hydrogen-bond donors (Lipinski definition) is 2. The lowest BCUT2D eigenvalue weighted by Gasteiger charge is -2.39. The van der Waals surface area contributed by atoms with Crippen molar-refractivity contribution in [3.05, 3.63) is 94.0 Å². The van der Waals surface area contributed by atoms with Crippen LogP contribution in [-0.4, -0.2) is 71.4 Å². The molecule has 8 heteroatoms. The van der Waals surface area contributed by atoms with Crippen LogP contribution >= 0.6 is 11.6 Å². The highest BCUT2D eigenvalue weighted by Crippen LogP contribution is 2.44. The fraction of sp³-hybridized carbons (Fsp3) is 0.424. The third-order valence-electron chi connectivity index (χ3n) is 8.87. The van der Waals surface area contributed by atoms with Gasteiger partial charge in [0, 0.05) is 43.8 Å². The molecule has 2 N–H and O–H groups in total. The zero-order valence-corrected chi connectivity index (χ0v) is 23.9. The van der Waals surface area contributed by atoms with E-state index < -0.39 is 6.10 Å². The largest absolute Gasteiger partial charge is 0.508 e. The summed E-state index contributed by atoms with van der Waals surface area (Å²) < 4.78 is 12.2. The van der Waals surface area contributed by atoms with E-state index >= 15 is 0 Å². The van der Waals surface area contributed by atoms with Crippen LogP contribution in [0.15, 0.2) is 66.7 Å². The predicted octanol–water partition coefficient (Wildman–Crippen LogP) is 5.33. The van der Waals surface area contributed by atoms with Crippen LogP contribution in [0.4, 0.5) is 0 Å². The molecule has 3 aliphatic heterocycles. The molecule has 0 aromatic heterocycles. The Bertz CT molecular complexity index is 1370. The van der Waals surface area contributed by atoms with Gasteiger partial charge in [0.15, 0.2) is 0 Å². The number of carbonyl (C=O) groups is 1. The maximum Gasteiger partial charge on any atom is 0.257 e. The topological polar surface area (TPSA) is 82.5 Å². The van der Waals surface area contributed by atoms with Crippen LogP contribution in [0.5, 0.6) is 11.5 Å². The number of nitrogens with zero attached hydrogens (tertiary/aromatic N) is 2. The lowest BCUT2D eigenvalue weighted by atomic mass is 9.84. The van der Waals surface area contributed by atoms with E-state index in [0.29, 0.717) is 43.5 Å². The third-order valence-corrected chi connectivity index (χ3v) is 9.11. The van der Waals surface area contributed by atoms with Crippen LogP contribution in [0.3, 0.4) is 0 Å². The lowest BCUT2D eigenvalue weighted by molar-refractivity contribution is -0.0835. The number of likely N-dealkylation sites (tertiary alicyclic amines) is 2. The van der Waals surface area contributed by atoms with Gasteiger partial charge < -0.3 is 29.5 Å². The second-order valence-electron chi connectivity index (χ2n) is 11.5. The average molecular weight is 577 g/mol.